The fourth-order valence-electron chi connectivity index (χ4n) is 2.41. The second kappa shape index (κ2) is 9.25. The van der Waals surface area contributed by atoms with Gasteiger partial charge in [0.25, 0.3) is 0 Å². The lowest BCUT2D eigenvalue weighted by Gasteiger charge is -2.29. The number of nitrogens with zero attached hydrogens (tertiary/aromatic N) is 1. The maximum absolute atomic E-state index is 12.1. The summed E-state index contributed by atoms with van der Waals surface area (Å²) >= 11 is 0. The van der Waals surface area contributed by atoms with Crippen LogP contribution in [0.2, 0.25) is 0 Å². The van der Waals surface area contributed by atoms with Crippen LogP contribution in [0.4, 0.5) is 9.59 Å². The van der Waals surface area contributed by atoms with Crippen LogP contribution >= 0.6 is 0 Å². The zero-order valence-electron chi connectivity index (χ0n) is 17.2. The molecular formula is C18H31NO8. The van der Waals surface area contributed by atoms with Gasteiger partial charge in [-0.1, -0.05) is 5.06 Å². The molecule has 0 saturated carbocycles. The lowest BCUT2D eigenvalue weighted by molar-refractivity contribution is -0.223. The normalized spacial score (nSPS) is 20.7. The molecule has 9 heteroatoms. The minimum Gasteiger partial charge on any atom is -0.466 e. The summed E-state index contributed by atoms with van der Waals surface area (Å²) in [5.41, 5.74) is -1.48. The summed E-state index contributed by atoms with van der Waals surface area (Å²) in [6, 6.07) is -0.496. The Labute approximate surface area is 160 Å². The van der Waals surface area contributed by atoms with Gasteiger partial charge in [-0.25, -0.2) is 9.59 Å². The standard InChI is InChI=1S/C18H31NO8/c1-8-23-14(20)11-12-9-10-13(24-15(21)25-17(2,3)4)19(12)27-16(22)26-18(5,6)7/h12-13H,8-11H2,1-7H3/t12-,13-/m0/s1. The number of hydroxylamine groups is 2. The quantitative estimate of drug-likeness (QED) is 0.516. The van der Waals surface area contributed by atoms with E-state index in [1.807, 2.05) is 0 Å². The average molecular weight is 389 g/mol. The lowest BCUT2D eigenvalue weighted by Crippen LogP contribution is -2.43. The van der Waals surface area contributed by atoms with Crippen LogP contribution in [0.1, 0.15) is 67.7 Å². The minimum absolute atomic E-state index is 0.00911. The first-order chi connectivity index (χ1) is 12.3. The summed E-state index contributed by atoms with van der Waals surface area (Å²) < 4.78 is 20.5. The van der Waals surface area contributed by atoms with Gasteiger partial charge < -0.3 is 23.8 Å². The van der Waals surface area contributed by atoms with E-state index in [-0.39, 0.29) is 13.0 Å². The molecule has 9 nitrogen and oxygen atoms in total. The number of ether oxygens (including phenoxy) is 4. The van der Waals surface area contributed by atoms with Crippen LogP contribution in [-0.2, 0) is 28.6 Å². The highest BCUT2D eigenvalue weighted by Gasteiger charge is 2.42. The van der Waals surface area contributed by atoms with Crippen LogP contribution in [-0.4, -0.2) is 53.4 Å². The maximum atomic E-state index is 12.1. The third-order valence-electron chi connectivity index (χ3n) is 3.29. The predicted octanol–water partition coefficient (Wildman–Crippen LogP) is 3.55. The fourth-order valence-corrected chi connectivity index (χ4v) is 2.41. The zero-order chi connectivity index (χ0) is 20.8. The topological polar surface area (TPSA) is 101 Å². The van der Waals surface area contributed by atoms with Crippen molar-refractivity contribution in [3.63, 3.8) is 0 Å². The van der Waals surface area contributed by atoms with Crippen LogP contribution in [0.15, 0.2) is 0 Å². The number of hydrogen-bond acceptors (Lipinski definition) is 9. The third-order valence-corrected chi connectivity index (χ3v) is 3.29. The molecule has 0 aliphatic carbocycles. The molecule has 0 unspecified atom stereocenters. The molecule has 0 N–H and O–H groups in total. The Kier molecular flexibility index (Phi) is 7.89. The van der Waals surface area contributed by atoms with Gasteiger partial charge in [0.15, 0.2) is 6.23 Å². The molecule has 27 heavy (non-hydrogen) atoms. The van der Waals surface area contributed by atoms with Crippen LogP contribution in [0.25, 0.3) is 0 Å². The van der Waals surface area contributed by atoms with Crippen molar-refractivity contribution in [2.75, 3.05) is 6.61 Å². The van der Waals surface area contributed by atoms with Crippen molar-refractivity contribution in [1.82, 2.24) is 5.06 Å². The van der Waals surface area contributed by atoms with Gasteiger partial charge in [-0.2, -0.15) is 0 Å². The van der Waals surface area contributed by atoms with Crippen molar-refractivity contribution in [2.24, 2.45) is 0 Å². The summed E-state index contributed by atoms with van der Waals surface area (Å²) in [5.74, 6) is -0.432. The Morgan fingerprint density at radius 3 is 2.00 bits per heavy atom. The first-order valence-corrected chi connectivity index (χ1v) is 9.05. The summed E-state index contributed by atoms with van der Waals surface area (Å²) in [6.45, 7) is 12.2. The van der Waals surface area contributed by atoms with Crippen molar-refractivity contribution in [1.29, 1.82) is 0 Å². The van der Waals surface area contributed by atoms with Crippen molar-refractivity contribution < 1.29 is 38.2 Å². The van der Waals surface area contributed by atoms with Gasteiger partial charge in [-0.05, 0) is 54.9 Å². The van der Waals surface area contributed by atoms with Crippen molar-refractivity contribution in [2.45, 2.75) is 91.2 Å². The third kappa shape index (κ3) is 8.94. The Morgan fingerprint density at radius 2 is 1.48 bits per heavy atom. The van der Waals surface area contributed by atoms with E-state index in [0.717, 1.165) is 0 Å². The van der Waals surface area contributed by atoms with Gasteiger partial charge in [-0.3, -0.25) is 4.79 Å². The molecule has 1 heterocycles. The SMILES string of the molecule is CCOC(=O)C[C@@H]1CC[C@H](OC(=O)OC(C)(C)C)N1OC(=O)OC(C)(C)C. The molecule has 1 saturated heterocycles. The summed E-state index contributed by atoms with van der Waals surface area (Å²) in [7, 11) is 0. The van der Waals surface area contributed by atoms with Gasteiger partial charge in [-0.15, -0.1) is 0 Å². The van der Waals surface area contributed by atoms with Crippen molar-refractivity contribution in [3.8, 4) is 0 Å². The van der Waals surface area contributed by atoms with E-state index in [1.165, 1.54) is 5.06 Å². The molecule has 1 fully saturated rings. The molecule has 0 aromatic carbocycles. The molecule has 0 radical (unpaired) electrons. The molecule has 0 amide bonds. The van der Waals surface area contributed by atoms with Crippen LogP contribution in [0.5, 0.6) is 0 Å². The van der Waals surface area contributed by atoms with Crippen LogP contribution < -0.4 is 0 Å². The fraction of sp³-hybridized carbons (Fsp3) is 0.833. The van der Waals surface area contributed by atoms with E-state index < -0.39 is 41.8 Å². The maximum Gasteiger partial charge on any atom is 0.528 e. The Balaban J connectivity index is 2.82. The predicted molar refractivity (Wildman–Crippen MR) is 94.5 cm³/mol. The highest BCUT2D eigenvalue weighted by atomic mass is 16.8. The molecule has 0 spiro atoms. The smallest absolute Gasteiger partial charge is 0.466 e. The monoisotopic (exact) mass is 389 g/mol. The zero-order valence-corrected chi connectivity index (χ0v) is 17.2. The molecule has 1 rings (SSSR count). The Hall–Kier alpha value is -2.03. The van der Waals surface area contributed by atoms with E-state index in [4.69, 9.17) is 23.8 Å². The van der Waals surface area contributed by atoms with Gasteiger partial charge in [0, 0.05) is 6.42 Å². The first kappa shape index (κ1) is 23.0. The van der Waals surface area contributed by atoms with Gasteiger partial charge in [0.1, 0.15) is 11.2 Å². The van der Waals surface area contributed by atoms with Crippen LogP contribution in [0.3, 0.4) is 0 Å². The van der Waals surface area contributed by atoms with Crippen molar-refractivity contribution in [3.05, 3.63) is 0 Å². The van der Waals surface area contributed by atoms with E-state index in [1.54, 1.807) is 48.5 Å². The number of esters is 1. The van der Waals surface area contributed by atoms with E-state index in [2.05, 4.69) is 0 Å². The first-order valence-electron chi connectivity index (χ1n) is 9.05. The molecular weight excluding hydrogens is 358 g/mol. The number of carbonyl (C=O) groups excluding carboxylic acids is 3. The highest BCUT2D eigenvalue weighted by Crippen LogP contribution is 2.29. The minimum atomic E-state index is -0.948. The molecule has 2 atom stereocenters. The Bertz CT molecular complexity index is 534. The highest BCUT2D eigenvalue weighted by molar-refractivity contribution is 5.70. The summed E-state index contributed by atoms with van der Waals surface area (Å²) in [4.78, 5) is 41.1. The van der Waals surface area contributed by atoms with E-state index in [9.17, 15) is 14.4 Å². The van der Waals surface area contributed by atoms with Gasteiger partial charge in [0.05, 0.1) is 19.1 Å². The van der Waals surface area contributed by atoms with Gasteiger partial charge >= 0.3 is 18.3 Å². The number of carbonyl (C=O) groups is 3. The van der Waals surface area contributed by atoms with Crippen molar-refractivity contribution >= 4 is 18.3 Å². The second-order valence-electron chi connectivity index (χ2n) is 8.19. The summed E-state index contributed by atoms with van der Waals surface area (Å²) in [5, 5.41) is 1.18. The molecule has 0 bridgehead atoms. The molecule has 156 valence electrons. The molecule has 0 aromatic heterocycles. The summed E-state index contributed by atoms with van der Waals surface area (Å²) in [6.07, 6.45) is -1.89. The molecule has 1 aliphatic heterocycles. The van der Waals surface area contributed by atoms with Gasteiger partial charge in [0.2, 0.25) is 0 Å². The average Bonchev–Trinajstić information content (AvgIpc) is 2.77. The van der Waals surface area contributed by atoms with E-state index in [0.29, 0.717) is 12.8 Å². The number of hydrogen-bond donors (Lipinski definition) is 0. The van der Waals surface area contributed by atoms with Crippen LogP contribution in [0, 0.1) is 0 Å². The molecule has 0 aromatic rings. The second-order valence-corrected chi connectivity index (χ2v) is 8.19. The lowest BCUT2D eigenvalue weighted by atomic mass is 10.1. The molecule has 1 aliphatic rings. The van der Waals surface area contributed by atoms with E-state index >= 15 is 0 Å². The largest absolute Gasteiger partial charge is 0.528 e. The number of rotatable bonds is 5. The Morgan fingerprint density at radius 1 is 0.926 bits per heavy atom.